The van der Waals surface area contributed by atoms with E-state index in [1.54, 1.807) is 47.9 Å². The Bertz CT molecular complexity index is 1230. The first-order valence-electron chi connectivity index (χ1n) is 10.2. The fourth-order valence-corrected chi connectivity index (χ4v) is 4.52. The summed E-state index contributed by atoms with van der Waals surface area (Å²) in [5.41, 5.74) is 1.75. The third-order valence-corrected chi connectivity index (χ3v) is 6.77. The van der Waals surface area contributed by atoms with E-state index >= 15 is 0 Å². The van der Waals surface area contributed by atoms with Gasteiger partial charge in [-0.05, 0) is 49.7 Å². The number of hydrogen-bond acceptors (Lipinski definition) is 5. The summed E-state index contributed by atoms with van der Waals surface area (Å²) in [5.74, 6) is 0.0612. The lowest BCUT2D eigenvalue weighted by Crippen LogP contribution is -2.29. The van der Waals surface area contributed by atoms with Crippen LogP contribution in [0.25, 0.3) is 0 Å². The van der Waals surface area contributed by atoms with Gasteiger partial charge in [-0.15, -0.1) is 16.8 Å². The van der Waals surface area contributed by atoms with Crippen molar-refractivity contribution < 1.29 is 9.59 Å². The van der Waals surface area contributed by atoms with Crippen LogP contribution in [-0.2, 0) is 11.3 Å². The Balaban J connectivity index is 1.69. The van der Waals surface area contributed by atoms with Gasteiger partial charge < -0.3 is 15.2 Å². The average Bonchev–Trinajstić information content (AvgIpc) is 3.18. The third kappa shape index (κ3) is 6.33. The van der Waals surface area contributed by atoms with Gasteiger partial charge in [0, 0.05) is 22.3 Å². The number of carbonyl (C=O) groups excluding carboxylic acids is 2. The number of halogens is 3. The zero-order valence-corrected chi connectivity index (χ0v) is 21.5. The van der Waals surface area contributed by atoms with Crippen LogP contribution >= 0.6 is 46.6 Å². The Morgan fingerprint density at radius 1 is 1.18 bits per heavy atom. The third-order valence-electron chi connectivity index (χ3n) is 4.84. The molecular weight excluding hydrogens is 517 g/mol. The van der Waals surface area contributed by atoms with E-state index in [1.807, 2.05) is 6.92 Å². The van der Waals surface area contributed by atoms with E-state index in [0.29, 0.717) is 38.8 Å². The van der Waals surface area contributed by atoms with Gasteiger partial charge in [0.15, 0.2) is 11.0 Å². The number of nitrogens with zero attached hydrogens (tertiary/aromatic N) is 3. The number of carbonyl (C=O) groups is 2. The topological polar surface area (TPSA) is 88.9 Å². The summed E-state index contributed by atoms with van der Waals surface area (Å²) >= 11 is 19.4. The molecule has 1 atom stereocenters. The van der Waals surface area contributed by atoms with Crippen LogP contribution < -0.4 is 10.6 Å². The van der Waals surface area contributed by atoms with Crippen LogP contribution in [0, 0.1) is 6.92 Å². The second-order valence-electron chi connectivity index (χ2n) is 7.31. The molecule has 0 saturated carbocycles. The number of anilines is 1. The Hall–Kier alpha value is -2.52. The molecule has 7 nitrogen and oxygen atoms in total. The quantitative estimate of drug-likeness (QED) is 0.259. The molecule has 0 aliphatic heterocycles. The highest BCUT2D eigenvalue weighted by Crippen LogP contribution is 2.25. The van der Waals surface area contributed by atoms with Crippen LogP contribution in [-0.4, -0.2) is 32.3 Å². The van der Waals surface area contributed by atoms with Crippen molar-refractivity contribution >= 4 is 64.1 Å². The monoisotopic (exact) mass is 537 g/mol. The van der Waals surface area contributed by atoms with Crippen molar-refractivity contribution in [2.45, 2.75) is 31.6 Å². The summed E-state index contributed by atoms with van der Waals surface area (Å²) in [4.78, 5) is 25.2. The molecule has 1 unspecified atom stereocenters. The minimum atomic E-state index is -0.482. The molecule has 1 heterocycles. The number of thioether (sulfide) groups is 1. The Morgan fingerprint density at radius 2 is 1.94 bits per heavy atom. The van der Waals surface area contributed by atoms with Crippen LogP contribution in [0.2, 0.25) is 15.1 Å². The minimum absolute atomic E-state index is 0.113. The normalized spacial score (nSPS) is 11.7. The van der Waals surface area contributed by atoms with E-state index in [2.05, 4.69) is 27.4 Å². The first kappa shape index (κ1) is 26.1. The molecule has 0 aliphatic rings. The first-order chi connectivity index (χ1) is 16.2. The highest BCUT2D eigenvalue weighted by Gasteiger charge is 2.21. The molecule has 11 heteroatoms. The molecule has 0 aliphatic carbocycles. The second-order valence-corrected chi connectivity index (χ2v) is 9.50. The molecule has 2 aromatic carbocycles. The van der Waals surface area contributed by atoms with Gasteiger partial charge in [0.1, 0.15) is 0 Å². The van der Waals surface area contributed by atoms with Gasteiger partial charge in [0.2, 0.25) is 5.91 Å². The molecule has 0 saturated heterocycles. The maximum atomic E-state index is 12.7. The lowest BCUT2D eigenvalue weighted by molar-refractivity contribution is -0.113. The number of nitrogens with one attached hydrogen (secondary N) is 2. The second kappa shape index (κ2) is 11.8. The number of rotatable bonds is 9. The van der Waals surface area contributed by atoms with Gasteiger partial charge in [0.05, 0.1) is 22.4 Å². The van der Waals surface area contributed by atoms with E-state index in [4.69, 9.17) is 34.8 Å². The van der Waals surface area contributed by atoms with Crippen molar-refractivity contribution in [3.8, 4) is 0 Å². The van der Waals surface area contributed by atoms with E-state index in [-0.39, 0.29) is 22.6 Å². The van der Waals surface area contributed by atoms with E-state index in [1.165, 1.54) is 17.8 Å². The summed E-state index contributed by atoms with van der Waals surface area (Å²) in [5, 5.41) is 16.0. The van der Waals surface area contributed by atoms with Crippen molar-refractivity contribution in [2.75, 3.05) is 11.1 Å². The average molecular weight is 539 g/mol. The lowest BCUT2D eigenvalue weighted by atomic mass is 10.2. The summed E-state index contributed by atoms with van der Waals surface area (Å²) < 4.78 is 1.80. The number of aromatic nitrogens is 3. The van der Waals surface area contributed by atoms with Crippen LogP contribution in [0.15, 0.2) is 54.2 Å². The molecule has 0 spiro atoms. The molecule has 2 amide bonds. The van der Waals surface area contributed by atoms with Gasteiger partial charge in [-0.1, -0.05) is 58.7 Å². The summed E-state index contributed by atoms with van der Waals surface area (Å²) in [6, 6.07) is 9.51. The molecule has 1 aromatic heterocycles. The molecule has 3 aromatic rings. The van der Waals surface area contributed by atoms with Crippen LogP contribution in [0.1, 0.15) is 34.7 Å². The van der Waals surface area contributed by atoms with E-state index in [9.17, 15) is 9.59 Å². The van der Waals surface area contributed by atoms with Gasteiger partial charge >= 0.3 is 0 Å². The number of benzene rings is 2. The fraction of sp³-hybridized carbons (Fsp3) is 0.217. The Morgan fingerprint density at radius 3 is 2.65 bits per heavy atom. The largest absolute Gasteiger partial charge is 0.342 e. The summed E-state index contributed by atoms with van der Waals surface area (Å²) in [6.07, 6.45) is 1.69. The van der Waals surface area contributed by atoms with Crippen molar-refractivity contribution in [1.82, 2.24) is 20.1 Å². The molecule has 2 N–H and O–H groups in total. The molecule has 0 bridgehead atoms. The smallest absolute Gasteiger partial charge is 0.253 e. The first-order valence-corrected chi connectivity index (χ1v) is 12.3. The zero-order chi connectivity index (χ0) is 24.8. The molecule has 178 valence electrons. The summed E-state index contributed by atoms with van der Waals surface area (Å²) in [7, 11) is 0. The SMILES string of the molecule is C=CCn1c(SCC(=O)Nc2cccc(Cl)c2C)nnc1C(C)NC(=O)c1ccc(Cl)cc1Cl. The minimum Gasteiger partial charge on any atom is -0.342 e. The highest BCUT2D eigenvalue weighted by molar-refractivity contribution is 7.99. The van der Waals surface area contributed by atoms with Gasteiger partial charge in [-0.25, -0.2) is 0 Å². The van der Waals surface area contributed by atoms with Gasteiger partial charge in [-0.3, -0.25) is 9.59 Å². The fourth-order valence-electron chi connectivity index (χ4n) is 3.10. The maximum Gasteiger partial charge on any atom is 0.253 e. The summed E-state index contributed by atoms with van der Waals surface area (Å²) in [6.45, 7) is 7.81. The standard InChI is InChI=1S/C23H22Cl3N5O2S/c1-4-10-31-21(14(3)27-22(33)16-9-8-15(24)11-18(16)26)29-30-23(31)34-12-20(32)28-19-7-5-6-17(25)13(19)2/h4-9,11,14H,1,10,12H2,2-3H3,(H,27,33)(H,28,32). The predicted molar refractivity (Wildman–Crippen MR) is 138 cm³/mol. The van der Waals surface area contributed by atoms with Crippen molar-refractivity contribution in [1.29, 1.82) is 0 Å². The molecule has 0 fully saturated rings. The van der Waals surface area contributed by atoms with E-state index in [0.717, 1.165) is 5.56 Å². The molecule has 34 heavy (non-hydrogen) atoms. The zero-order valence-electron chi connectivity index (χ0n) is 18.4. The lowest BCUT2D eigenvalue weighted by Gasteiger charge is -2.16. The van der Waals surface area contributed by atoms with Crippen LogP contribution in [0.5, 0.6) is 0 Å². The van der Waals surface area contributed by atoms with Crippen molar-refractivity contribution in [2.24, 2.45) is 0 Å². The van der Waals surface area contributed by atoms with E-state index < -0.39 is 6.04 Å². The number of amides is 2. The number of allylic oxidation sites excluding steroid dienone is 1. The van der Waals surface area contributed by atoms with Gasteiger partial charge in [-0.2, -0.15) is 0 Å². The Labute approximate surface area is 216 Å². The molecule has 0 radical (unpaired) electrons. The van der Waals surface area contributed by atoms with Gasteiger partial charge in [0.25, 0.3) is 5.91 Å². The van der Waals surface area contributed by atoms with Crippen LogP contribution in [0.4, 0.5) is 5.69 Å². The maximum absolute atomic E-state index is 12.7. The Kier molecular flexibility index (Phi) is 9.02. The number of hydrogen-bond donors (Lipinski definition) is 2. The predicted octanol–water partition coefficient (Wildman–Crippen LogP) is 5.95. The van der Waals surface area contributed by atoms with Crippen LogP contribution in [0.3, 0.4) is 0 Å². The highest BCUT2D eigenvalue weighted by atomic mass is 35.5. The van der Waals surface area contributed by atoms with Crippen molar-refractivity contribution in [3.63, 3.8) is 0 Å². The molecular formula is C23H22Cl3N5O2S. The molecule has 3 rings (SSSR count). The van der Waals surface area contributed by atoms with Crippen molar-refractivity contribution in [3.05, 3.63) is 81.1 Å².